The predicted molar refractivity (Wildman–Crippen MR) is 66.3 cm³/mol. The average Bonchev–Trinajstić information content (AvgIpc) is 2.59. The SMILES string of the molecule is Cc1cn(CC(C)N2CCCCC2)c(N)n1. The zero-order chi connectivity index (χ0) is 11.5. The van der Waals surface area contributed by atoms with Crippen LogP contribution in [0.3, 0.4) is 0 Å². The minimum atomic E-state index is 0.552. The van der Waals surface area contributed by atoms with Crippen LogP contribution in [0, 0.1) is 6.92 Å². The van der Waals surface area contributed by atoms with Crippen LogP contribution in [0.4, 0.5) is 5.95 Å². The number of aromatic nitrogens is 2. The Labute approximate surface area is 97.4 Å². The van der Waals surface area contributed by atoms with Gasteiger partial charge in [-0.25, -0.2) is 4.98 Å². The van der Waals surface area contributed by atoms with Crippen LogP contribution in [-0.4, -0.2) is 33.6 Å². The van der Waals surface area contributed by atoms with Crippen molar-refractivity contribution in [2.75, 3.05) is 18.8 Å². The van der Waals surface area contributed by atoms with E-state index in [4.69, 9.17) is 5.73 Å². The molecule has 0 amide bonds. The lowest BCUT2D eigenvalue weighted by molar-refractivity contribution is 0.160. The Morgan fingerprint density at radius 3 is 2.62 bits per heavy atom. The van der Waals surface area contributed by atoms with E-state index in [1.807, 2.05) is 13.1 Å². The molecule has 0 radical (unpaired) electrons. The molecule has 1 fully saturated rings. The Bertz CT molecular complexity index is 339. The van der Waals surface area contributed by atoms with Gasteiger partial charge in [-0.05, 0) is 39.8 Å². The standard InChI is InChI=1S/C12H22N4/c1-10-8-16(12(13)14-10)9-11(2)15-6-4-3-5-7-15/h8,11H,3-7,9H2,1-2H3,(H2,13,14). The molecule has 1 unspecified atom stereocenters. The Hall–Kier alpha value is -1.03. The first kappa shape index (κ1) is 11.5. The number of hydrogen-bond donors (Lipinski definition) is 1. The van der Waals surface area contributed by atoms with Gasteiger partial charge in [-0.2, -0.15) is 0 Å². The minimum absolute atomic E-state index is 0.552. The molecule has 4 nitrogen and oxygen atoms in total. The van der Waals surface area contributed by atoms with Crippen LogP contribution in [0.25, 0.3) is 0 Å². The molecule has 4 heteroatoms. The van der Waals surface area contributed by atoms with E-state index in [0.29, 0.717) is 12.0 Å². The molecule has 0 spiro atoms. The third-order valence-corrected chi connectivity index (χ3v) is 3.40. The van der Waals surface area contributed by atoms with Crippen molar-refractivity contribution in [3.8, 4) is 0 Å². The quantitative estimate of drug-likeness (QED) is 0.846. The highest BCUT2D eigenvalue weighted by molar-refractivity contribution is 5.21. The van der Waals surface area contributed by atoms with Crippen molar-refractivity contribution in [1.29, 1.82) is 0 Å². The summed E-state index contributed by atoms with van der Waals surface area (Å²) in [5.74, 6) is 0.640. The third kappa shape index (κ3) is 2.55. The van der Waals surface area contributed by atoms with E-state index in [1.165, 1.54) is 32.4 Å². The van der Waals surface area contributed by atoms with Gasteiger partial charge in [0.15, 0.2) is 5.95 Å². The van der Waals surface area contributed by atoms with Gasteiger partial charge in [0.2, 0.25) is 0 Å². The molecule has 90 valence electrons. The van der Waals surface area contributed by atoms with Crippen molar-refractivity contribution < 1.29 is 0 Å². The average molecular weight is 222 g/mol. The molecule has 1 aliphatic rings. The van der Waals surface area contributed by atoms with Crippen LogP contribution in [0.1, 0.15) is 31.9 Å². The number of piperidine rings is 1. The molecule has 0 bridgehead atoms. The molecular weight excluding hydrogens is 200 g/mol. The zero-order valence-electron chi connectivity index (χ0n) is 10.3. The van der Waals surface area contributed by atoms with Crippen LogP contribution >= 0.6 is 0 Å². The summed E-state index contributed by atoms with van der Waals surface area (Å²) in [5, 5.41) is 0. The molecule has 0 saturated carbocycles. The maximum Gasteiger partial charge on any atom is 0.200 e. The summed E-state index contributed by atoms with van der Waals surface area (Å²) in [5.41, 5.74) is 6.86. The topological polar surface area (TPSA) is 47.1 Å². The maximum absolute atomic E-state index is 5.85. The first-order chi connectivity index (χ1) is 7.66. The summed E-state index contributed by atoms with van der Waals surface area (Å²) in [6, 6.07) is 0.552. The molecule has 2 rings (SSSR count). The van der Waals surface area contributed by atoms with Crippen LogP contribution in [0.15, 0.2) is 6.20 Å². The molecule has 1 saturated heterocycles. The van der Waals surface area contributed by atoms with Crippen LogP contribution < -0.4 is 5.73 Å². The van der Waals surface area contributed by atoms with Gasteiger partial charge < -0.3 is 10.3 Å². The van der Waals surface area contributed by atoms with Crippen molar-refractivity contribution in [2.24, 2.45) is 0 Å². The van der Waals surface area contributed by atoms with Crippen LogP contribution in [0.5, 0.6) is 0 Å². The second-order valence-electron chi connectivity index (χ2n) is 4.84. The zero-order valence-corrected chi connectivity index (χ0v) is 10.3. The van der Waals surface area contributed by atoms with Crippen molar-refractivity contribution in [3.05, 3.63) is 11.9 Å². The second-order valence-corrected chi connectivity index (χ2v) is 4.84. The third-order valence-electron chi connectivity index (χ3n) is 3.40. The Balaban J connectivity index is 1.95. The van der Waals surface area contributed by atoms with E-state index in [9.17, 15) is 0 Å². The molecule has 0 aromatic carbocycles. The highest BCUT2D eigenvalue weighted by Gasteiger charge is 2.17. The number of imidazole rings is 1. The molecule has 1 aliphatic heterocycles. The Morgan fingerprint density at radius 1 is 1.38 bits per heavy atom. The van der Waals surface area contributed by atoms with Gasteiger partial charge in [0.25, 0.3) is 0 Å². The van der Waals surface area contributed by atoms with Gasteiger partial charge in [-0.1, -0.05) is 6.42 Å². The van der Waals surface area contributed by atoms with Gasteiger partial charge in [-0.3, -0.25) is 4.90 Å². The number of hydrogen-bond acceptors (Lipinski definition) is 3. The van der Waals surface area contributed by atoms with E-state index in [0.717, 1.165) is 12.2 Å². The number of nitrogens with zero attached hydrogens (tertiary/aromatic N) is 3. The fourth-order valence-corrected chi connectivity index (χ4v) is 2.47. The van der Waals surface area contributed by atoms with Gasteiger partial charge in [0.05, 0.1) is 5.69 Å². The summed E-state index contributed by atoms with van der Waals surface area (Å²) >= 11 is 0. The summed E-state index contributed by atoms with van der Waals surface area (Å²) in [6.45, 7) is 7.68. The van der Waals surface area contributed by atoms with Crippen molar-refractivity contribution in [3.63, 3.8) is 0 Å². The van der Waals surface area contributed by atoms with Crippen molar-refractivity contribution in [2.45, 2.75) is 45.7 Å². The van der Waals surface area contributed by atoms with E-state index >= 15 is 0 Å². The first-order valence-electron chi connectivity index (χ1n) is 6.20. The molecule has 16 heavy (non-hydrogen) atoms. The number of anilines is 1. The summed E-state index contributed by atoms with van der Waals surface area (Å²) in [4.78, 5) is 6.79. The summed E-state index contributed by atoms with van der Waals surface area (Å²) in [7, 11) is 0. The van der Waals surface area contributed by atoms with E-state index in [1.54, 1.807) is 0 Å². The van der Waals surface area contributed by atoms with Gasteiger partial charge in [0.1, 0.15) is 0 Å². The normalized spacial score (nSPS) is 19.9. The van der Waals surface area contributed by atoms with Gasteiger partial charge in [0, 0.05) is 18.8 Å². The lowest BCUT2D eigenvalue weighted by Crippen LogP contribution is -2.39. The molecule has 1 atom stereocenters. The Morgan fingerprint density at radius 2 is 2.06 bits per heavy atom. The number of aryl methyl sites for hydroxylation is 1. The number of nitrogen functional groups attached to an aromatic ring is 1. The highest BCUT2D eigenvalue weighted by Crippen LogP contribution is 2.14. The molecule has 1 aromatic heterocycles. The number of nitrogens with two attached hydrogens (primary N) is 1. The number of likely N-dealkylation sites (tertiary alicyclic amines) is 1. The first-order valence-corrected chi connectivity index (χ1v) is 6.20. The van der Waals surface area contributed by atoms with Crippen molar-refractivity contribution in [1.82, 2.24) is 14.5 Å². The smallest absolute Gasteiger partial charge is 0.200 e. The summed E-state index contributed by atoms with van der Waals surface area (Å²) < 4.78 is 2.06. The molecule has 1 aromatic rings. The maximum atomic E-state index is 5.85. The summed E-state index contributed by atoms with van der Waals surface area (Å²) in [6.07, 6.45) is 6.09. The monoisotopic (exact) mass is 222 g/mol. The molecule has 0 aliphatic carbocycles. The molecular formula is C12H22N4. The lowest BCUT2D eigenvalue weighted by Gasteiger charge is -2.32. The fraction of sp³-hybridized carbons (Fsp3) is 0.750. The highest BCUT2D eigenvalue weighted by atomic mass is 15.2. The fourth-order valence-electron chi connectivity index (χ4n) is 2.47. The second kappa shape index (κ2) is 4.87. The van der Waals surface area contributed by atoms with Gasteiger partial charge in [-0.15, -0.1) is 0 Å². The Kier molecular flexibility index (Phi) is 3.49. The molecule has 2 heterocycles. The largest absolute Gasteiger partial charge is 0.369 e. The molecule has 2 N–H and O–H groups in total. The predicted octanol–water partition coefficient (Wildman–Crippen LogP) is 1.65. The van der Waals surface area contributed by atoms with Crippen LogP contribution in [0.2, 0.25) is 0 Å². The minimum Gasteiger partial charge on any atom is -0.369 e. The van der Waals surface area contributed by atoms with Crippen LogP contribution in [-0.2, 0) is 6.54 Å². The van der Waals surface area contributed by atoms with E-state index in [-0.39, 0.29) is 0 Å². The van der Waals surface area contributed by atoms with E-state index < -0.39 is 0 Å². The number of rotatable bonds is 3. The van der Waals surface area contributed by atoms with Crippen molar-refractivity contribution >= 4 is 5.95 Å². The van der Waals surface area contributed by atoms with E-state index in [2.05, 4.69) is 21.4 Å². The lowest BCUT2D eigenvalue weighted by atomic mass is 10.1. The van der Waals surface area contributed by atoms with Gasteiger partial charge >= 0.3 is 0 Å².